The summed E-state index contributed by atoms with van der Waals surface area (Å²) in [5, 5.41) is 22.2. The Hall–Kier alpha value is -13.1. The molecular weight excluding hydrogens is 1630 g/mol. The van der Waals surface area contributed by atoms with Crippen molar-refractivity contribution in [2.75, 3.05) is 81.4 Å². The molecule has 2 atom stereocenters. The third-order valence-electron chi connectivity index (χ3n) is 17.9. The molecule has 5 heterocycles. The number of amidine groups is 4. The molecule has 1 fully saturated rings. The van der Waals surface area contributed by atoms with Crippen molar-refractivity contribution in [3.63, 3.8) is 0 Å². The Labute approximate surface area is 717 Å². The summed E-state index contributed by atoms with van der Waals surface area (Å²) in [5.74, 6) is -0.0593. The molecule has 4 aromatic heterocycles. The molecule has 23 nitrogen and oxygen atoms in total. The summed E-state index contributed by atoms with van der Waals surface area (Å²) in [7, 11) is 3.26. The molecule has 30 heteroatoms. The molecule has 11 N–H and O–H groups in total. The number of aromatic nitrogens is 4. The number of nitrogens with one attached hydrogen (secondary N) is 5. The summed E-state index contributed by atoms with van der Waals surface area (Å²) in [6.45, 7) is 6.25. The van der Waals surface area contributed by atoms with Crippen LogP contribution < -0.4 is 38.5 Å². The van der Waals surface area contributed by atoms with Crippen molar-refractivity contribution in [2.45, 2.75) is 38.7 Å². The summed E-state index contributed by atoms with van der Waals surface area (Å²) in [4.78, 5) is 81.6. The molecule has 0 aliphatic carbocycles. The number of morpholine rings is 1. The molecule has 1 aliphatic heterocycles. The van der Waals surface area contributed by atoms with E-state index >= 15 is 0 Å². The Morgan fingerprint density at radius 1 is 0.421 bits per heavy atom. The number of hydrogen-bond donors (Lipinski definition) is 8. The Bertz CT molecular complexity index is 5590. The lowest BCUT2D eigenvalue weighted by Crippen LogP contribution is -2.48. The van der Waals surface area contributed by atoms with Gasteiger partial charge in [0.2, 0.25) is 0 Å². The zero-order chi connectivity index (χ0) is 86.4. The number of anilines is 4. The van der Waals surface area contributed by atoms with Crippen LogP contribution in [0, 0.1) is 5.41 Å². The van der Waals surface area contributed by atoms with Crippen LogP contribution in [0.3, 0.4) is 0 Å². The monoisotopic (exact) mass is 1710 g/mol. The lowest BCUT2D eigenvalue weighted by Gasteiger charge is -2.36. The van der Waals surface area contributed by atoms with Gasteiger partial charge >= 0.3 is 6.18 Å². The number of carbonyl (C=O) groups is 4. The van der Waals surface area contributed by atoms with E-state index in [9.17, 15) is 32.3 Å². The van der Waals surface area contributed by atoms with E-state index < -0.39 is 18.6 Å². The van der Waals surface area contributed by atoms with Crippen molar-refractivity contribution in [3.05, 3.63) is 332 Å². The molecule has 12 aromatic rings. The second-order valence-corrected chi connectivity index (χ2v) is 28.6. The van der Waals surface area contributed by atoms with Gasteiger partial charge in [0.25, 0.3) is 23.6 Å². The van der Waals surface area contributed by atoms with E-state index in [0.717, 1.165) is 56.9 Å². The summed E-state index contributed by atoms with van der Waals surface area (Å²) in [6.07, 6.45) is 3.28. The fraction of sp³-hybridized carbons (Fsp3) is 0.165. The molecule has 4 amide bonds. The number of halogens is 7. The first-order valence-electron chi connectivity index (χ1n) is 37.7. The number of nitrogens with two attached hydrogens (primary N) is 3. The predicted octanol–water partition coefficient (Wildman–Crippen LogP) is 18.4. The minimum Gasteiger partial charge on any atom is -0.385 e. The van der Waals surface area contributed by atoms with Crippen LogP contribution in [-0.2, 0) is 14.2 Å². The van der Waals surface area contributed by atoms with Gasteiger partial charge in [0.15, 0.2) is 0 Å². The van der Waals surface area contributed by atoms with Gasteiger partial charge in [-0.3, -0.25) is 59.5 Å². The highest BCUT2D eigenvalue weighted by molar-refractivity contribution is 6.35. The van der Waals surface area contributed by atoms with Crippen LogP contribution in [-0.4, -0.2) is 150 Å². The van der Waals surface area contributed by atoms with E-state index in [2.05, 4.69) is 56.2 Å². The van der Waals surface area contributed by atoms with Gasteiger partial charge in [0, 0.05) is 155 Å². The van der Waals surface area contributed by atoms with Crippen LogP contribution >= 0.6 is 46.4 Å². The zero-order valence-corrected chi connectivity index (χ0v) is 69.1. The van der Waals surface area contributed by atoms with Crippen LogP contribution in [0.15, 0.2) is 282 Å². The van der Waals surface area contributed by atoms with E-state index in [1.54, 1.807) is 172 Å². The number of hydrogen-bond acceptors (Lipinski definition) is 15. The summed E-state index contributed by atoms with van der Waals surface area (Å²) in [6, 6.07) is 70.0. The van der Waals surface area contributed by atoms with E-state index in [4.69, 9.17) is 83.2 Å². The Balaban J connectivity index is 0.000000169. The molecule has 121 heavy (non-hydrogen) atoms. The van der Waals surface area contributed by atoms with E-state index in [-0.39, 0.29) is 35.8 Å². The number of carbonyl (C=O) groups excluding carboxylic acids is 4. The second kappa shape index (κ2) is 44.7. The lowest BCUT2D eigenvalue weighted by molar-refractivity contribution is -0.118. The molecule has 8 aromatic carbocycles. The maximum Gasteiger partial charge on any atom is 0.408 e. The summed E-state index contributed by atoms with van der Waals surface area (Å²) in [5.41, 5.74) is 30.2. The number of alkyl halides is 3. The molecule has 1 saturated heterocycles. The second-order valence-electron chi connectivity index (χ2n) is 27.0. The highest BCUT2D eigenvalue weighted by Crippen LogP contribution is 2.34. The van der Waals surface area contributed by atoms with Crippen molar-refractivity contribution >= 4 is 116 Å². The van der Waals surface area contributed by atoms with Gasteiger partial charge in [-0.25, -0.2) is 0 Å². The van der Waals surface area contributed by atoms with Crippen LogP contribution in [0.4, 0.5) is 35.9 Å². The lowest BCUT2D eigenvalue weighted by atomic mass is 10.1. The zero-order valence-electron chi connectivity index (χ0n) is 66.0. The maximum atomic E-state index is 12.8. The fourth-order valence-corrected chi connectivity index (χ4v) is 12.8. The van der Waals surface area contributed by atoms with E-state index in [1.807, 2.05) is 104 Å². The number of rotatable bonds is 24. The number of aliphatic imine (C=N–C) groups is 3. The van der Waals surface area contributed by atoms with Gasteiger partial charge in [0.1, 0.15) is 29.9 Å². The Morgan fingerprint density at radius 3 is 0.983 bits per heavy atom. The number of pyridine rings is 4. The largest absolute Gasteiger partial charge is 0.408 e. The maximum absolute atomic E-state index is 12.8. The SMILES string of the molecule is CC1CN(C(=N)c2ccc(C(=O)Nc3ccc(Cl)c(-c4ccccn4)c3)cc2)CC(C)O1.COCCCN=C(N)c1ccc(C(=O)Nc2ccc(Cl)c(-c3ccccn3)c2)cc1.COCCN=C(N)c1ccc(C(=O)Nc2ccc(Cl)c(-c3ccccn3)c2)cc1.NC(=NCC(F)(F)F)c1ccc(C(=O)Nc2ccc(Cl)c(-c3ccccn3)c2)cc1. The molecule has 0 saturated carbocycles. The van der Waals surface area contributed by atoms with Crippen molar-refractivity contribution in [1.29, 1.82) is 5.41 Å². The van der Waals surface area contributed by atoms with Crippen LogP contribution in [0.5, 0.6) is 0 Å². The average Bonchev–Trinajstić information content (AvgIpc) is 0.793. The van der Waals surface area contributed by atoms with Crippen molar-refractivity contribution < 1.29 is 46.6 Å². The van der Waals surface area contributed by atoms with E-state index in [0.29, 0.717) is 139 Å². The molecule has 0 bridgehead atoms. The summed E-state index contributed by atoms with van der Waals surface area (Å²) < 4.78 is 52.4. The van der Waals surface area contributed by atoms with Crippen LogP contribution in [0.25, 0.3) is 45.0 Å². The number of ether oxygens (including phenoxy) is 3. The number of amides is 4. The average molecular weight is 1710 g/mol. The first-order valence-corrected chi connectivity index (χ1v) is 39.3. The first-order chi connectivity index (χ1) is 58.3. The quantitative estimate of drug-likeness (QED) is 0.0158. The number of nitrogens with zero attached hydrogens (tertiary/aromatic N) is 8. The van der Waals surface area contributed by atoms with Gasteiger partial charge in [-0.05, 0) is 190 Å². The van der Waals surface area contributed by atoms with Gasteiger partial charge in [-0.2, -0.15) is 13.2 Å². The standard InChI is InChI=1S/C25H25ClN4O2.C23H23ClN4O2.C22H21ClN4O2.C21H16ClF3N4O/c1-16-14-30(15-17(2)32-16)24(27)18-6-8-19(9-7-18)25(31)29-20-10-11-22(26)21(13-20)23-5-3-4-12-28-23;1-30-14-4-13-27-22(25)16-6-8-17(9-7-16)23(29)28-18-10-11-20(24)19(15-18)21-5-2-3-12-26-21;1-29-13-12-26-21(24)15-5-7-16(8-6-15)22(28)27-17-9-10-19(23)18(14-17)20-4-2-3-11-25-20;22-17-9-8-15(11-16(17)18-3-1-2-10-27-18)29-20(30)14-6-4-13(5-7-14)19(26)28-12-21(23,24)25/h3-13,16-17,27H,14-15H2,1-2H3,(H,29,31);2-3,5-12,15H,4,13-14H2,1H3,(H2,25,27)(H,28,29);2-11,14H,12-13H2,1H3,(H2,24,26)(H,27,28);1-11H,12H2,(H2,26,28)(H,29,30). The minimum atomic E-state index is -4.43. The predicted molar refractivity (Wildman–Crippen MR) is 476 cm³/mol. The highest BCUT2D eigenvalue weighted by Gasteiger charge is 2.28. The fourth-order valence-electron chi connectivity index (χ4n) is 11.9. The van der Waals surface area contributed by atoms with Gasteiger partial charge in [-0.1, -0.05) is 119 Å². The highest BCUT2D eigenvalue weighted by atomic mass is 35.5. The third-order valence-corrected chi connectivity index (χ3v) is 19.3. The molecule has 13 rings (SSSR count). The molecule has 620 valence electrons. The van der Waals surface area contributed by atoms with Crippen molar-refractivity contribution in [3.8, 4) is 45.0 Å². The smallest absolute Gasteiger partial charge is 0.385 e. The molecule has 1 aliphatic rings. The minimum absolute atomic E-state index is 0.0829. The Kier molecular flexibility index (Phi) is 33.3. The summed E-state index contributed by atoms with van der Waals surface area (Å²) >= 11 is 25.2. The van der Waals surface area contributed by atoms with Gasteiger partial charge in [-0.15, -0.1) is 0 Å². The molecule has 2 unspecified atom stereocenters. The molecule has 0 radical (unpaired) electrons. The van der Waals surface area contributed by atoms with Crippen molar-refractivity contribution in [1.82, 2.24) is 24.8 Å². The number of methoxy groups -OCH3 is 2. The van der Waals surface area contributed by atoms with Gasteiger partial charge < -0.3 is 57.6 Å². The van der Waals surface area contributed by atoms with Gasteiger partial charge in [0.05, 0.1) is 68.2 Å². The topological polar surface area (TPSA) is 338 Å². The normalized spacial score (nSPS) is 13.3. The van der Waals surface area contributed by atoms with E-state index in [1.165, 1.54) is 24.3 Å². The molecule has 0 spiro atoms. The van der Waals surface area contributed by atoms with Crippen LogP contribution in [0.2, 0.25) is 20.1 Å². The van der Waals surface area contributed by atoms with Crippen molar-refractivity contribution in [2.24, 2.45) is 32.2 Å². The third kappa shape index (κ3) is 27.2. The first kappa shape index (κ1) is 90.3. The van der Waals surface area contributed by atoms with Crippen LogP contribution in [0.1, 0.15) is 84.0 Å². The molecular formula is C91H85Cl4F3N16O7. The number of benzene rings is 8. The Morgan fingerprint density at radius 2 is 0.702 bits per heavy atom.